The van der Waals surface area contributed by atoms with Gasteiger partial charge in [0.25, 0.3) is 0 Å². The maximum Gasteiger partial charge on any atom is 0.216 e. The van der Waals surface area contributed by atoms with Gasteiger partial charge in [-0.3, -0.25) is 0 Å². The lowest BCUT2D eigenvalue weighted by Gasteiger charge is -2.09. The summed E-state index contributed by atoms with van der Waals surface area (Å²) in [6, 6.07) is 3.22. The molecule has 0 aliphatic carbocycles. The molecule has 102 valence electrons. The second kappa shape index (κ2) is 6.17. The summed E-state index contributed by atoms with van der Waals surface area (Å²) in [6.45, 7) is 0. The number of nitrogens with one attached hydrogen (secondary N) is 2. The number of allylic oxidation sites excluding steroid dienone is 1. The zero-order valence-electron chi connectivity index (χ0n) is 9.46. The van der Waals surface area contributed by atoms with Gasteiger partial charge in [0, 0.05) is 10.7 Å². The first-order valence-corrected chi connectivity index (χ1v) is 6.53. The van der Waals surface area contributed by atoms with Crippen LogP contribution in [0, 0.1) is 17.1 Å². The first-order valence-electron chi connectivity index (χ1n) is 4.98. The fourth-order valence-electron chi connectivity index (χ4n) is 1.27. The molecule has 0 fully saturated rings. The van der Waals surface area contributed by atoms with E-state index in [1.165, 1.54) is 12.3 Å². The highest BCUT2D eigenvalue weighted by Gasteiger charge is 2.14. The number of nitriles is 1. The van der Waals surface area contributed by atoms with Crippen molar-refractivity contribution < 1.29 is 4.39 Å². The van der Waals surface area contributed by atoms with Crippen LogP contribution in [0.3, 0.4) is 0 Å². The minimum atomic E-state index is -0.759. The number of benzene rings is 1. The third-order valence-electron chi connectivity index (χ3n) is 2.18. The van der Waals surface area contributed by atoms with Gasteiger partial charge in [0.05, 0.1) is 10.7 Å². The predicted octanol–water partition coefficient (Wildman–Crippen LogP) is 3.38. The molecule has 20 heavy (non-hydrogen) atoms. The van der Waals surface area contributed by atoms with Crippen molar-refractivity contribution in [3.8, 4) is 6.07 Å². The van der Waals surface area contributed by atoms with Crippen LogP contribution in [0.25, 0.3) is 5.57 Å². The van der Waals surface area contributed by atoms with Crippen molar-refractivity contribution >= 4 is 50.4 Å². The number of nitrogens with zero attached hydrogens (tertiary/aromatic N) is 4. The lowest BCUT2D eigenvalue weighted by atomic mass is 10.2. The van der Waals surface area contributed by atoms with E-state index < -0.39 is 5.82 Å². The van der Waals surface area contributed by atoms with Gasteiger partial charge in [-0.15, -0.1) is 10.2 Å². The van der Waals surface area contributed by atoms with Crippen molar-refractivity contribution in [1.82, 2.24) is 20.6 Å². The minimum Gasteiger partial charge on any atom is -0.358 e. The number of rotatable bonds is 3. The molecule has 0 aliphatic heterocycles. The van der Waals surface area contributed by atoms with Crippen molar-refractivity contribution in [3.63, 3.8) is 0 Å². The van der Waals surface area contributed by atoms with E-state index in [9.17, 15) is 4.39 Å². The normalized spacial score (nSPS) is 11.2. The summed E-state index contributed by atoms with van der Waals surface area (Å²) in [6.07, 6.45) is 1.28. The fourth-order valence-corrected chi connectivity index (χ4v) is 2.56. The van der Waals surface area contributed by atoms with Crippen LogP contribution in [0.5, 0.6) is 0 Å². The molecule has 6 nitrogen and oxygen atoms in total. The van der Waals surface area contributed by atoms with Gasteiger partial charge in [-0.1, -0.05) is 23.2 Å². The molecule has 0 aliphatic rings. The third kappa shape index (κ3) is 2.90. The van der Waals surface area contributed by atoms with Crippen molar-refractivity contribution in [3.05, 3.63) is 38.4 Å². The fraction of sp³-hybridized carbons (Fsp3) is 0. The lowest BCUT2D eigenvalue weighted by Crippen LogP contribution is -1.96. The Hall–Kier alpha value is -1.69. The highest BCUT2D eigenvalue weighted by atomic mass is 79.9. The largest absolute Gasteiger partial charge is 0.358 e. The maximum atomic E-state index is 13.6. The summed E-state index contributed by atoms with van der Waals surface area (Å²) in [5, 5.41) is 24.3. The van der Waals surface area contributed by atoms with Gasteiger partial charge in [0.15, 0.2) is 5.82 Å². The summed E-state index contributed by atoms with van der Waals surface area (Å²) < 4.78 is 14.0. The molecule has 1 heterocycles. The maximum absolute atomic E-state index is 13.6. The van der Waals surface area contributed by atoms with E-state index in [1.807, 2.05) is 6.07 Å². The Labute approximate surface area is 130 Å². The molecule has 2 aromatic rings. The van der Waals surface area contributed by atoms with Crippen LogP contribution >= 0.6 is 39.1 Å². The van der Waals surface area contributed by atoms with E-state index in [-0.39, 0.29) is 27.1 Å². The number of halogens is 4. The standard InChI is InChI=1S/C10H4BrCl2FN6/c11-5-1-6(12)8(14)7(13)9(5)16-3-4(2-15)10-17-19-20-18-10/h1,3,16H,(H,17,18,19,20). The highest BCUT2D eigenvalue weighted by molar-refractivity contribution is 9.10. The molecular weight excluding hydrogens is 374 g/mol. The molecule has 0 saturated carbocycles. The minimum absolute atomic E-state index is 0.0945. The molecule has 0 saturated heterocycles. The first-order chi connectivity index (χ1) is 9.54. The molecule has 0 spiro atoms. The zero-order chi connectivity index (χ0) is 14.7. The molecule has 0 amide bonds. The predicted molar refractivity (Wildman–Crippen MR) is 75.5 cm³/mol. The number of H-pyrrole nitrogens is 1. The topological polar surface area (TPSA) is 90.3 Å². The van der Waals surface area contributed by atoms with Crippen molar-refractivity contribution in [2.75, 3.05) is 5.32 Å². The Kier molecular flexibility index (Phi) is 4.54. The van der Waals surface area contributed by atoms with Crippen LogP contribution in [-0.4, -0.2) is 20.6 Å². The quantitative estimate of drug-likeness (QED) is 0.486. The van der Waals surface area contributed by atoms with Crippen LogP contribution in [0.2, 0.25) is 10.0 Å². The Bertz CT molecular complexity index is 710. The lowest BCUT2D eigenvalue weighted by molar-refractivity contribution is 0.629. The molecule has 1 aromatic carbocycles. The van der Waals surface area contributed by atoms with Crippen molar-refractivity contribution in [1.29, 1.82) is 5.26 Å². The summed E-state index contributed by atoms with van der Waals surface area (Å²) in [5.74, 6) is -0.660. The molecule has 0 atom stereocenters. The Morgan fingerprint density at radius 2 is 2.30 bits per heavy atom. The second-order valence-corrected chi connectivity index (χ2v) is 5.03. The van der Waals surface area contributed by atoms with Gasteiger partial charge in [0.1, 0.15) is 16.7 Å². The number of aromatic amines is 1. The SMILES string of the molecule is N#CC(=CNc1c(Br)cc(Cl)c(F)c1Cl)c1nn[nH]n1. The summed E-state index contributed by atoms with van der Waals surface area (Å²) in [5.41, 5.74) is 0.321. The van der Waals surface area contributed by atoms with E-state index in [4.69, 9.17) is 28.5 Å². The van der Waals surface area contributed by atoms with Crippen LogP contribution < -0.4 is 5.32 Å². The molecule has 10 heteroatoms. The average molecular weight is 378 g/mol. The number of hydrogen-bond acceptors (Lipinski definition) is 5. The van der Waals surface area contributed by atoms with Crippen LogP contribution in [0.1, 0.15) is 5.82 Å². The smallest absolute Gasteiger partial charge is 0.216 e. The molecule has 0 bridgehead atoms. The first kappa shape index (κ1) is 14.7. The molecule has 2 rings (SSSR count). The Morgan fingerprint density at radius 3 is 2.90 bits per heavy atom. The van der Waals surface area contributed by atoms with E-state index >= 15 is 0 Å². The molecule has 1 aromatic heterocycles. The molecule has 0 unspecified atom stereocenters. The van der Waals surface area contributed by atoms with Crippen LogP contribution in [0.15, 0.2) is 16.7 Å². The van der Waals surface area contributed by atoms with E-state index in [0.717, 1.165) is 0 Å². The molecule has 2 N–H and O–H groups in total. The Balaban J connectivity index is 2.36. The van der Waals surface area contributed by atoms with E-state index in [1.54, 1.807) is 0 Å². The number of hydrogen-bond donors (Lipinski definition) is 2. The molecular formula is C10H4BrCl2FN6. The van der Waals surface area contributed by atoms with Gasteiger partial charge in [-0.05, 0) is 27.2 Å². The summed E-state index contributed by atoms with van der Waals surface area (Å²) in [4.78, 5) is 0. The Morgan fingerprint density at radius 1 is 1.55 bits per heavy atom. The van der Waals surface area contributed by atoms with Crippen molar-refractivity contribution in [2.24, 2.45) is 0 Å². The van der Waals surface area contributed by atoms with E-state index in [2.05, 4.69) is 41.9 Å². The number of anilines is 1. The summed E-state index contributed by atoms with van der Waals surface area (Å²) >= 11 is 14.7. The monoisotopic (exact) mass is 376 g/mol. The van der Waals surface area contributed by atoms with Crippen LogP contribution in [0.4, 0.5) is 10.1 Å². The van der Waals surface area contributed by atoms with Crippen LogP contribution in [-0.2, 0) is 0 Å². The second-order valence-electron chi connectivity index (χ2n) is 3.39. The van der Waals surface area contributed by atoms with Gasteiger partial charge in [-0.2, -0.15) is 10.5 Å². The number of tetrazole rings is 1. The average Bonchev–Trinajstić information content (AvgIpc) is 2.94. The number of aromatic nitrogens is 4. The van der Waals surface area contributed by atoms with Gasteiger partial charge in [0.2, 0.25) is 5.82 Å². The molecule has 0 radical (unpaired) electrons. The van der Waals surface area contributed by atoms with Crippen molar-refractivity contribution in [2.45, 2.75) is 0 Å². The third-order valence-corrected chi connectivity index (χ3v) is 3.44. The summed E-state index contributed by atoms with van der Waals surface area (Å²) in [7, 11) is 0. The zero-order valence-corrected chi connectivity index (χ0v) is 12.6. The van der Waals surface area contributed by atoms with Gasteiger partial charge in [-0.25, -0.2) is 4.39 Å². The van der Waals surface area contributed by atoms with Gasteiger partial charge < -0.3 is 5.32 Å². The van der Waals surface area contributed by atoms with E-state index in [0.29, 0.717) is 4.47 Å². The van der Waals surface area contributed by atoms with Gasteiger partial charge >= 0.3 is 0 Å². The highest BCUT2D eigenvalue weighted by Crippen LogP contribution is 2.37.